The molecule has 2 aromatic heterocycles. The number of aromatic nitrogens is 4. The van der Waals surface area contributed by atoms with E-state index < -0.39 is 5.82 Å². The number of nitrogens with zero attached hydrogens (tertiary/aromatic N) is 4. The molecule has 0 aliphatic rings. The van der Waals surface area contributed by atoms with Gasteiger partial charge in [-0.2, -0.15) is 4.73 Å². The lowest BCUT2D eigenvalue weighted by Gasteiger charge is -2.06. The molecule has 0 spiro atoms. The summed E-state index contributed by atoms with van der Waals surface area (Å²) in [5, 5.41) is 27.7. The van der Waals surface area contributed by atoms with Crippen LogP contribution in [0.5, 0.6) is 0 Å². The Balaban J connectivity index is 2.09. The Morgan fingerprint density at radius 2 is 1.75 bits per heavy atom. The first-order valence-corrected chi connectivity index (χ1v) is 5.79. The van der Waals surface area contributed by atoms with Crippen LogP contribution in [-0.4, -0.2) is 9.90 Å². The van der Waals surface area contributed by atoms with Crippen LogP contribution >= 0.6 is 0 Å². The van der Waals surface area contributed by atoms with E-state index in [0.29, 0.717) is 15.3 Å². The summed E-state index contributed by atoms with van der Waals surface area (Å²) in [4.78, 5) is 1.53. The number of rotatable bonds is 2. The zero-order valence-corrected chi connectivity index (χ0v) is 10.2. The van der Waals surface area contributed by atoms with E-state index in [1.807, 2.05) is 0 Å². The first kappa shape index (κ1) is 12.1. The van der Waals surface area contributed by atoms with Gasteiger partial charge in [0.25, 0.3) is 11.4 Å². The van der Waals surface area contributed by atoms with E-state index in [0.717, 1.165) is 4.80 Å². The maximum Gasteiger partial charge on any atom is 0.270 e. The molecule has 0 bridgehead atoms. The van der Waals surface area contributed by atoms with Gasteiger partial charge in [-0.1, -0.05) is 0 Å². The Morgan fingerprint density at radius 3 is 2.45 bits per heavy atom. The fraction of sp³-hybridized carbons (Fsp3) is 0. The Labute approximate surface area is 113 Å². The van der Waals surface area contributed by atoms with E-state index in [-0.39, 0.29) is 11.4 Å². The number of pyridine rings is 1. The fourth-order valence-electron chi connectivity index (χ4n) is 1.84. The molecule has 0 N–H and O–H groups in total. The highest BCUT2D eigenvalue weighted by molar-refractivity contribution is 5.45. The minimum absolute atomic E-state index is 0.116. The van der Waals surface area contributed by atoms with Gasteiger partial charge in [0.2, 0.25) is 6.20 Å². The van der Waals surface area contributed by atoms with Crippen molar-refractivity contribution in [2.75, 3.05) is 0 Å². The van der Waals surface area contributed by atoms with E-state index in [2.05, 4.69) is 5.10 Å². The second-order valence-electron chi connectivity index (χ2n) is 4.08. The predicted octanol–water partition coefficient (Wildman–Crippen LogP) is 0.945. The molecule has 0 saturated carbocycles. The third kappa shape index (κ3) is 1.95. The van der Waals surface area contributed by atoms with Gasteiger partial charge in [0.05, 0.1) is 0 Å². The first-order valence-electron chi connectivity index (χ1n) is 5.79. The summed E-state index contributed by atoms with van der Waals surface area (Å²) in [6.07, 6.45) is 2.59. The van der Waals surface area contributed by atoms with Gasteiger partial charge in [-0.05, 0) is 35.1 Å². The van der Waals surface area contributed by atoms with Gasteiger partial charge in [-0.15, -0.1) is 4.85 Å². The van der Waals surface area contributed by atoms with Crippen molar-refractivity contribution in [3.05, 3.63) is 71.1 Å². The van der Waals surface area contributed by atoms with Gasteiger partial charge in [0.15, 0.2) is 6.20 Å². The van der Waals surface area contributed by atoms with E-state index in [4.69, 9.17) is 0 Å². The molecule has 0 fully saturated rings. The van der Waals surface area contributed by atoms with E-state index in [1.54, 1.807) is 12.1 Å². The molecule has 0 aliphatic heterocycles. The molecule has 0 saturated heterocycles. The molecular formula is C13H9FN4O2. The summed E-state index contributed by atoms with van der Waals surface area (Å²) in [6, 6.07) is 10.1. The van der Waals surface area contributed by atoms with Gasteiger partial charge in [0, 0.05) is 17.2 Å². The largest absolute Gasteiger partial charge is 0.692 e. The van der Waals surface area contributed by atoms with Crippen LogP contribution in [0.2, 0.25) is 0 Å². The van der Waals surface area contributed by atoms with E-state index in [1.165, 1.54) is 42.7 Å². The average molecular weight is 272 g/mol. The van der Waals surface area contributed by atoms with Crippen LogP contribution in [0.25, 0.3) is 17.1 Å². The van der Waals surface area contributed by atoms with Gasteiger partial charge in [-0.3, -0.25) is 0 Å². The topological polar surface area (TPSA) is 71.7 Å². The van der Waals surface area contributed by atoms with Crippen LogP contribution in [0.4, 0.5) is 4.39 Å². The molecular weight excluding hydrogens is 263 g/mol. The zero-order chi connectivity index (χ0) is 14.1. The molecule has 0 amide bonds. The van der Waals surface area contributed by atoms with Crippen LogP contribution in [0.15, 0.2) is 54.9 Å². The molecule has 6 nitrogen and oxygen atoms in total. The van der Waals surface area contributed by atoms with Gasteiger partial charge in [-0.25, -0.2) is 4.39 Å². The molecule has 3 rings (SSSR count). The summed E-state index contributed by atoms with van der Waals surface area (Å²) in [6.45, 7) is 0. The lowest BCUT2D eigenvalue weighted by molar-refractivity contribution is -0.687. The Morgan fingerprint density at radius 1 is 1.00 bits per heavy atom. The average Bonchev–Trinajstić information content (AvgIpc) is 2.82. The zero-order valence-electron chi connectivity index (χ0n) is 10.2. The van der Waals surface area contributed by atoms with Crippen molar-refractivity contribution in [2.45, 2.75) is 0 Å². The quantitative estimate of drug-likeness (QED) is 0.515. The van der Waals surface area contributed by atoms with E-state index >= 15 is 0 Å². The highest BCUT2D eigenvalue weighted by Crippen LogP contribution is 2.11. The lowest BCUT2D eigenvalue weighted by Crippen LogP contribution is -2.41. The fourth-order valence-corrected chi connectivity index (χ4v) is 1.84. The second-order valence-corrected chi connectivity index (χ2v) is 4.08. The third-order valence-corrected chi connectivity index (χ3v) is 2.81. The molecule has 20 heavy (non-hydrogen) atoms. The minimum Gasteiger partial charge on any atom is -0.692 e. The Hall–Kier alpha value is -2.96. The van der Waals surface area contributed by atoms with Crippen LogP contribution < -0.4 is 9.58 Å². The van der Waals surface area contributed by atoms with Crippen LogP contribution in [-0.2, 0) is 0 Å². The van der Waals surface area contributed by atoms with Crippen molar-refractivity contribution >= 4 is 0 Å². The van der Waals surface area contributed by atoms with Crippen molar-refractivity contribution in [1.82, 2.24) is 9.90 Å². The molecule has 3 aromatic rings. The summed E-state index contributed by atoms with van der Waals surface area (Å²) >= 11 is 0. The van der Waals surface area contributed by atoms with Crippen LogP contribution in [0.1, 0.15) is 0 Å². The Bertz CT molecular complexity index is 755. The smallest absolute Gasteiger partial charge is 0.270 e. The van der Waals surface area contributed by atoms with E-state index in [9.17, 15) is 14.8 Å². The summed E-state index contributed by atoms with van der Waals surface area (Å²) in [5.74, 6) is -0.404. The van der Waals surface area contributed by atoms with Crippen molar-refractivity contribution < 1.29 is 14.0 Å². The lowest BCUT2D eigenvalue weighted by atomic mass is 10.3. The van der Waals surface area contributed by atoms with Crippen molar-refractivity contribution in [3.8, 4) is 17.1 Å². The highest BCUT2D eigenvalue weighted by atomic mass is 19.1. The second kappa shape index (κ2) is 4.61. The summed E-state index contributed by atoms with van der Waals surface area (Å²) in [5.41, 5.74) is 0.710. The molecule has 100 valence electrons. The molecule has 0 unspecified atom stereocenters. The minimum atomic E-state index is -0.404. The molecule has 0 aliphatic carbocycles. The maximum atomic E-state index is 12.9. The third-order valence-electron chi connectivity index (χ3n) is 2.81. The number of hydrogen-bond acceptors (Lipinski definition) is 3. The number of benzene rings is 1. The molecule has 1 aromatic carbocycles. The van der Waals surface area contributed by atoms with Crippen molar-refractivity contribution in [3.63, 3.8) is 0 Å². The SMILES string of the molecule is [O-][n+]1ccccc1-c1cnn(-c2ccc(F)cc2)[n+]1[O-]. The Kier molecular flexibility index (Phi) is 2.79. The maximum absolute atomic E-state index is 12.9. The summed E-state index contributed by atoms with van der Waals surface area (Å²) < 4.78 is 13.5. The number of hydrogen-bond donors (Lipinski definition) is 0. The van der Waals surface area contributed by atoms with Crippen LogP contribution in [0, 0.1) is 16.2 Å². The molecule has 0 radical (unpaired) electrons. The normalized spacial score (nSPS) is 10.7. The molecule has 0 atom stereocenters. The standard InChI is InChI=1S/C13H9FN4O2/c14-10-4-6-11(7-5-10)17-15-9-13(18(17)20)12-3-1-2-8-16(12)19/h1-9H. The number of halogens is 1. The monoisotopic (exact) mass is 272 g/mol. The predicted molar refractivity (Wildman–Crippen MR) is 66.9 cm³/mol. The van der Waals surface area contributed by atoms with Crippen molar-refractivity contribution in [1.29, 1.82) is 0 Å². The van der Waals surface area contributed by atoms with Crippen LogP contribution in [0.3, 0.4) is 0 Å². The van der Waals surface area contributed by atoms with Crippen molar-refractivity contribution in [2.24, 2.45) is 0 Å². The molecule has 2 heterocycles. The highest BCUT2D eigenvalue weighted by Gasteiger charge is 2.21. The summed E-state index contributed by atoms with van der Waals surface area (Å²) in [7, 11) is 0. The first-order chi connectivity index (χ1) is 9.66. The van der Waals surface area contributed by atoms with Gasteiger partial charge >= 0.3 is 0 Å². The molecule has 7 heteroatoms. The van der Waals surface area contributed by atoms with Gasteiger partial charge < -0.3 is 10.4 Å². The van der Waals surface area contributed by atoms with Gasteiger partial charge in [0.1, 0.15) is 11.5 Å².